The monoisotopic (exact) mass is 524 g/mol. The largest absolute Gasteiger partial charge is 0.458 e. The third-order valence-electron chi connectivity index (χ3n) is 5.33. The van der Waals surface area contributed by atoms with Gasteiger partial charge in [0, 0.05) is 23.5 Å². The Bertz CT molecular complexity index is 1160. The number of dihydropyridines is 1. The standard InChI is InChI=1S/C25H28N2O6.C4H8O/c1-6-8-9-10-14-32-24(28)21-17(4)26-18(5)22(25(29)33-16(3)7-2)23(21)19-12-11-13-20(15-19)27(30)31;1-3-4(2)5/h6-13,15-16,23,26H,2,14H2,1,3-5H3;3-5H,1H2,2H3. The second-order valence-corrected chi connectivity index (χ2v) is 8.36. The molecule has 204 valence electrons. The van der Waals surface area contributed by atoms with Crippen LogP contribution in [0.2, 0.25) is 0 Å². The Morgan fingerprint density at radius 3 is 2.26 bits per heavy atom. The number of hydrogen-bond acceptors (Lipinski definition) is 8. The molecule has 0 saturated heterocycles. The summed E-state index contributed by atoms with van der Waals surface area (Å²) in [5.74, 6) is -2.21. The molecule has 9 heteroatoms. The summed E-state index contributed by atoms with van der Waals surface area (Å²) >= 11 is 0. The van der Waals surface area contributed by atoms with Gasteiger partial charge in [0.2, 0.25) is 0 Å². The molecule has 1 aliphatic rings. The van der Waals surface area contributed by atoms with Gasteiger partial charge in [0.1, 0.15) is 12.7 Å². The lowest BCUT2D eigenvalue weighted by Gasteiger charge is -2.30. The van der Waals surface area contributed by atoms with Crippen LogP contribution in [0.15, 0.2) is 96.4 Å². The highest BCUT2D eigenvalue weighted by atomic mass is 16.6. The molecule has 38 heavy (non-hydrogen) atoms. The van der Waals surface area contributed by atoms with Crippen molar-refractivity contribution in [2.45, 2.75) is 52.7 Å². The molecule has 1 aromatic rings. The van der Waals surface area contributed by atoms with Crippen molar-refractivity contribution in [1.82, 2.24) is 5.32 Å². The highest BCUT2D eigenvalue weighted by molar-refractivity contribution is 6.00. The van der Waals surface area contributed by atoms with Gasteiger partial charge >= 0.3 is 11.9 Å². The number of aliphatic hydroxyl groups is 1. The van der Waals surface area contributed by atoms with Crippen LogP contribution < -0.4 is 5.32 Å². The summed E-state index contributed by atoms with van der Waals surface area (Å²) in [5, 5.41) is 22.7. The highest BCUT2D eigenvalue weighted by Crippen LogP contribution is 2.40. The highest BCUT2D eigenvalue weighted by Gasteiger charge is 2.38. The van der Waals surface area contributed by atoms with Crippen LogP contribution >= 0.6 is 0 Å². The van der Waals surface area contributed by atoms with Crippen molar-refractivity contribution in [1.29, 1.82) is 0 Å². The molecule has 2 rings (SSSR count). The van der Waals surface area contributed by atoms with E-state index in [0.717, 1.165) is 0 Å². The lowest BCUT2D eigenvalue weighted by atomic mass is 9.80. The van der Waals surface area contributed by atoms with Gasteiger partial charge in [0.15, 0.2) is 0 Å². The van der Waals surface area contributed by atoms with Gasteiger partial charge in [-0.3, -0.25) is 10.1 Å². The number of benzene rings is 1. The van der Waals surface area contributed by atoms with E-state index in [1.54, 1.807) is 52.0 Å². The zero-order valence-corrected chi connectivity index (χ0v) is 22.5. The van der Waals surface area contributed by atoms with E-state index in [0.29, 0.717) is 17.0 Å². The topological polar surface area (TPSA) is 128 Å². The van der Waals surface area contributed by atoms with E-state index in [2.05, 4.69) is 18.5 Å². The van der Waals surface area contributed by atoms with Gasteiger partial charge in [0.25, 0.3) is 5.69 Å². The molecule has 0 amide bonds. The average Bonchev–Trinajstić information content (AvgIpc) is 2.88. The molecule has 3 unspecified atom stereocenters. The number of non-ortho nitro benzene ring substituents is 1. The normalized spacial score (nSPS) is 16.7. The molecule has 1 aliphatic heterocycles. The number of carbonyl (C=O) groups is 2. The van der Waals surface area contributed by atoms with Crippen molar-refractivity contribution in [3.05, 3.63) is 112 Å². The molecular weight excluding hydrogens is 488 g/mol. The van der Waals surface area contributed by atoms with E-state index >= 15 is 0 Å². The first-order valence-corrected chi connectivity index (χ1v) is 12.0. The molecule has 1 heterocycles. The van der Waals surface area contributed by atoms with Crippen LogP contribution in [0.4, 0.5) is 5.69 Å². The van der Waals surface area contributed by atoms with Crippen molar-refractivity contribution in [3.63, 3.8) is 0 Å². The number of allylic oxidation sites excluding steroid dienone is 5. The van der Waals surface area contributed by atoms with Gasteiger partial charge in [-0.05, 0) is 46.3 Å². The minimum absolute atomic E-state index is 0.0254. The first-order valence-electron chi connectivity index (χ1n) is 12.0. The lowest BCUT2D eigenvalue weighted by molar-refractivity contribution is -0.384. The fraction of sp³-hybridized carbons (Fsp3) is 0.310. The lowest BCUT2D eigenvalue weighted by Crippen LogP contribution is -2.33. The van der Waals surface area contributed by atoms with Gasteiger partial charge in [-0.15, -0.1) is 6.58 Å². The Kier molecular flexibility index (Phi) is 13.2. The van der Waals surface area contributed by atoms with Gasteiger partial charge in [-0.1, -0.05) is 49.1 Å². The first-order chi connectivity index (χ1) is 18.0. The SMILES string of the molecule is C=CC(C)O.C=CC(C)OC(=O)C1=C(C)NC(C)=C(C(=O)OCC=CC=CC)C1c1cccc([N+](=O)[O-])c1. The van der Waals surface area contributed by atoms with Crippen molar-refractivity contribution in [2.24, 2.45) is 0 Å². The van der Waals surface area contributed by atoms with E-state index in [-0.39, 0.29) is 29.5 Å². The van der Waals surface area contributed by atoms with Crippen LogP contribution in [0.3, 0.4) is 0 Å². The number of nitro groups is 1. The summed E-state index contributed by atoms with van der Waals surface area (Å²) in [7, 11) is 0. The van der Waals surface area contributed by atoms with Crippen molar-refractivity contribution in [3.8, 4) is 0 Å². The van der Waals surface area contributed by atoms with Crippen LogP contribution in [-0.2, 0) is 19.1 Å². The summed E-state index contributed by atoms with van der Waals surface area (Å²) in [5.41, 5.74) is 1.56. The number of carbonyl (C=O) groups excluding carboxylic acids is 2. The second-order valence-electron chi connectivity index (χ2n) is 8.36. The van der Waals surface area contributed by atoms with Crippen molar-refractivity contribution >= 4 is 17.6 Å². The number of hydrogen-bond donors (Lipinski definition) is 2. The van der Waals surface area contributed by atoms with E-state index < -0.39 is 28.9 Å². The zero-order chi connectivity index (χ0) is 28.8. The fourth-order valence-electron chi connectivity index (χ4n) is 3.41. The fourth-order valence-corrected chi connectivity index (χ4v) is 3.41. The van der Waals surface area contributed by atoms with E-state index in [1.165, 1.54) is 30.4 Å². The van der Waals surface area contributed by atoms with E-state index in [9.17, 15) is 19.7 Å². The van der Waals surface area contributed by atoms with Crippen molar-refractivity contribution < 1.29 is 29.1 Å². The maximum absolute atomic E-state index is 13.1. The van der Waals surface area contributed by atoms with Crippen LogP contribution in [0.5, 0.6) is 0 Å². The van der Waals surface area contributed by atoms with Crippen LogP contribution in [-0.4, -0.2) is 40.8 Å². The molecule has 0 spiro atoms. The first kappa shape index (κ1) is 31.8. The number of esters is 2. The molecule has 9 nitrogen and oxygen atoms in total. The zero-order valence-electron chi connectivity index (χ0n) is 22.5. The second kappa shape index (κ2) is 15.8. The van der Waals surface area contributed by atoms with Crippen LogP contribution in [0, 0.1) is 10.1 Å². The molecule has 2 N–H and O–H groups in total. The molecular formula is C29H36N2O7. The van der Waals surface area contributed by atoms with Gasteiger partial charge in [0.05, 0.1) is 28.1 Å². The predicted molar refractivity (Wildman–Crippen MR) is 147 cm³/mol. The molecule has 1 aromatic carbocycles. The number of rotatable bonds is 10. The van der Waals surface area contributed by atoms with E-state index in [4.69, 9.17) is 14.6 Å². The summed E-state index contributed by atoms with van der Waals surface area (Å²) < 4.78 is 10.9. The molecule has 0 aromatic heterocycles. The number of ether oxygens (including phenoxy) is 2. The third kappa shape index (κ3) is 9.33. The average molecular weight is 525 g/mol. The summed E-state index contributed by atoms with van der Waals surface area (Å²) in [4.78, 5) is 37.0. The molecule has 3 atom stereocenters. The summed E-state index contributed by atoms with van der Waals surface area (Å²) in [6.07, 6.45) is 9.08. The maximum Gasteiger partial charge on any atom is 0.337 e. The van der Waals surface area contributed by atoms with Gasteiger partial charge in [-0.25, -0.2) is 9.59 Å². The Balaban J connectivity index is 0.00000132. The van der Waals surface area contributed by atoms with Crippen LogP contribution in [0.25, 0.3) is 0 Å². The molecule has 0 saturated carbocycles. The number of nitro benzene ring substituents is 1. The molecule has 0 aliphatic carbocycles. The Labute approximate surface area is 223 Å². The third-order valence-corrected chi connectivity index (χ3v) is 5.33. The summed E-state index contributed by atoms with van der Waals surface area (Å²) in [6.45, 7) is 15.5. The molecule has 0 radical (unpaired) electrons. The number of nitrogens with one attached hydrogen (secondary N) is 1. The minimum atomic E-state index is -0.914. The molecule has 0 fully saturated rings. The van der Waals surface area contributed by atoms with Gasteiger partial charge in [-0.2, -0.15) is 0 Å². The summed E-state index contributed by atoms with van der Waals surface area (Å²) in [6, 6.07) is 5.84. The van der Waals surface area contributed by atoms with E-state index in [1.807, 2.05) is 13.0 Å². The minimum Gasteiger partial charge on any atom is -0.458 e. The number of aliphatic hydroxyl groups excluding tert-OH is 1. The maximum atomic E-state index is 13.1. The van der Waals surface area contributed by atoms with Crippen molar-refractivity contribution in [2.75, 3.05) is 6.61 Å². The quantitative estimate of drug-likeness (QED) is 0.141. The Morgan fingerprint density at radius 2 is 1.74 bits per heavy atom. The smallest absolute Gasteiger partial charge is 0.337 e. The Morgan fingerprint density at radius 1 is 1.13 bits per heavy atom. The van der Waals surface area contributed by atoms with Gasteiger partial charge < -0.3 is 19.9 Å². The number of nitrogens with zero attached hydrogens (tertiary/aromatic N) is 1. The Hall–Kier alpha value is -4.24. The van der Waals surface area contributed by atoms with Crippen LogP contribution in [0.1, 0.15) is 46.1 Å². The predicted octanol–water partition coefficient (Wildman–Crippen LogP) is 5.18. The molecule has 0 bridgehead atoms.